The number of hydrogen-bond acceptors (Lipinski definition) is 6. The SMILES string of the molecule is COc1cc(N2CC[C@H](N)[C@H](F)C2)ccc1Nc1ncc(Cl)c(-c2c[nH]c3ccccc23)n1. The lowest BCUT2D eigenvalue weighted by molar-refractivity contribution is 0.251. The van der Waals surface area contributed by atoms with Crippen molar-refractivity contribution in [3.05, 3.63) is 59.9 Å². The highest BCUT2D eigenvalue weighted by atomic mass is 35.5. The predicted octanol–water partition coefficient (Wildman–Crippen LogP) is 4.91. The third-order valence-corrected chi connectivity index (χ3v) is 6.25. The molecule has 0 aliphatic carbocycles. The number of nitrogens with one attached hydrogen (secondary N) is 2. The van der Waals surface area contributed by atoms with E-state index < -0.39 is 12.2 Å². The Morgan fingerprint density at radius 1 is 1.27 bits per heavy atom. The molecule has 0 bridgehead atoms. The van der Waals surface area contributed by atoms with Crippen LogP contribution >= 0.6 is 11.6 Å². The molecule has 0 radical (unpaired) electrons. The minimum absolute atomic E-state index is 0.269. The van der Waals surface area contributed by atoms with E-state index in [1.54, 1.807) is 13.3 Å². The Morgan fingerprint density at radius 2 is 2.12 bits per heavy atom. The molecule has 5 rings (SSSR count). The topological polar surface area (TPSA) is 92.1 Å². The zero-order valence-corrected chi connectivity index (χ0v) is 18.8. The predicted molar refractivity (Wildman–Crippen MR) is 130 cm³/mol. The van der Waals surface area contributed by atoms with Crippen molar-refractivity contribution in [3.8, 4) is 17.0 Å². The van der Waals surface area contributed by atoms with E-state index in [9.17, 15) is 4.39 Å². The van der Waals surface area contributed by atoms with Gasteiger partial charge >= 0.3 is 0 Å². The first kappa shape index (κ1) is 21.5. The summed E-state index contributed by atoms with van der Waals surface area (Å²) in [6.45, 7) is 0.969. The lowest BCUT2D eigenvalue weighted by Gasteiger charge is -2.34. The Balaban J connectivity index is 1.43. The molecule has 9 heteroatoms. The second-order valence-electron chi connectivity index (χ2n) is 8.06. The van der Waals surface area contributed by atoms with Crippen LogP contribution in [0.15, 0.2) is 54.9 Å². The molecular formula is C24H24ClFN6O. The molecule has 1 aliphatic rings. The molecule has 33 heavy (non-hydrogen) atoms. The number of H-pyrrole nitrogens is 1. The number of rotatable bonds is 5. The van der Waals surface area contributed by atoms with Crippen LogP contribution in [0.3, 0.4) is 0 Å². The van der Waals surface area contributed by atoms with Gasteiger partial charge in [0.25, 0.3) is 0 Å². The maximum absolute atomic E-state index is 14.1. The second kappa shape index (κ2) is 8.88. The van der Waals surface area contributed by atoms with Gasteiger partial charge in [-0.2, -0.15) is 0 Å². The van der Waals surface area contributed by atoms with Gasteiger partial charge in [-0.25, -0.2) is 14.4 Å². The van der Waals surface area contributed by atoms with Crippen LogP contribution in [0.1, 0.15) is 6.42 Å². The van der Waals surface area contributed by atoms with Crippen molar-refractivity contribution >= 4 is 39.8 Å². The van der Waals surface area contributed by atoms with Crippen LogP contribution < -0.4 is 20.7 Å². The van der Waals surface area contributed by atoms with E-state index in [2.05, 4.69) is 20.3 Å². The van der Waals surface area contributed by atoms with Crippen molar-refractivity contribution in [2.45, 2.75) is 18.6 Å². The molecule has 0 amide bonds. The van der Waals surface area contributed by atoms with Crippen LogP contribution in [0, 0.1) is 0 Å². The number of alkyl halides is 1. The molecule has 4 aromatic rings. The summed E-state index contributed by atoms with van der Waals surface area (Å²) in [6.07, 6.45) is 3.03. The standard InChI is InChI=1S/C24H24ClFN6O/c1-33-22-10-14(32-9-8-19(27)18(26)13-32)6-7-21(22)30-24-29-12-17(25)23(31-24)16-11-28-20-5-3-2-4-15(16)20/h2-7,10-12,18-19,28H,8-9,13,27H2,1H3,(H,29,30,31)/t18-,19+/m1/s1. The van der Waals surface area contributed by atoms with Crippen molar-refractivity contribution in [2.24, 2.45) is 5.73 Å². The number of aromatic nitrogens is 3. The molecule has 7 nitrogen and oxygen atoms in total. The van der Waals surface area contributed by atoms with Crippen molar-refractivity contribution in [3.63, 3.8) is 0 Å². The lowest BCUT2D eigenvalue weighted by Crippen LogP contribution is -2.48. The summed E-state index contributed by atoms with van der Waals surface area (Å²) in [6, 6.07) is 13.2. The molecule has 0 unspecified atom stereocenters. The molecule has 1 fully saturated rings. The molecule has 0 saturated carbocycles. The fourth-order valence-electron chi connectivity index (χ4n) is 4.14. The summed E-state index contributed by atoms with van der Waals surface area (Å²) in [5, 5.41) is 4.70. The van der Waals surface area contributed by atoms with Gasteiger partial charge in [0.05, 0.1) is 36.3 Å². The van der Waals surface area contributed by atoms with Gasteiger partial charge in [0, 0.05) is 47.0 Å². The fourth-order valence-corrected chi connectivity index (χ4v) is 4.33. The van der Waals surface area contributed by atoms with Crippen molar-refractivity contribution in [1.29, 1.82) is 0 Å². The monoisotopic (exact) mass is 466 g/mol. The van der Waals surface area contributed by atoms with E-state index in [-0.39, 0.29) is 6.54 Å². The smallest absolute Gasteiger partial charge is 0.227 e. The van der Waals surface area contributed by atoms with Crippen LogP contribution in [0.4, 0.5) is 21.7 Å². The normalized spacial score (nSPS) is 18.5. The Hall–Kier alpha value is -3.36. The Kier molecular flexibility index (Phi) is 5.78. The zero-order valence-electron chi connectivity index (χ0n) is 18.1. The molecule has 2 aromatic heterocycles. The van der Waals surface area contributed by atoms with Gasteiger partial charge in [-0.1, -0.05) is 29.8 Å². The first-order chi connectivity index (χ1) is 16.0. The Labute approximate surface area is 195 Å². The number of piperidine rings is 1. The van der Waals surface area contributed by atoms with Crippen molar-refractivity contribution < 1.29 is 9.13 Å². The molecular weight excluding hydrogens is 443 g/mol. The molecule has 2 atom stereocenters. The van der Waals surface area contributed by atoms with Crippen molar-refractivity contribution in [1.82, 2.24) is 15.0 Å². The largest absolute Gasteiger partial charge is 0.494 e. The number of para-hydroxylation sites is 1. The minimum atomic E-state index is -1.05. The second-order valence-corrected chi connectivity index (χ2v) is 8.47. The summed E-state index contributed by atoms with van der Waals surface area (Å²) in [7, 11) is 1.59. The van der Waals surface area contributed by atoms with E-state index >= 15 is 0 Å². The number of aromatic amines is 1. The van der Waals surface area contributed by atoms with Gasteiger partial charge in [0.2, 0.25) is 5.95 Å². The summed E-state index contributed by atoms with van der Waals surface area (Å²) in [5.74, 6) is 0.989. The average Bonchev–Trinajstić information content (AvgIpc) is 3.26. The van der Waals surface area contributed by atoms with Gasteiger partial charge < -0.3 is 25.7 Å². The number of fused-ring (bicyclic) bond motifs is 1. The lowest BCUT2D eigenvalue weighted by atomic mass is 10.0. The minimum Gasteiger partial charge on any atom is -0.494 e. The van der Waals surface area contributed by atoms with Crippen molar-refractivity contribution in [2.75, 3.05) is 30.4 Å². The molecule has 4 N–H and O–H groups in total. The van der Waals surface area contributed by atoms with Crippen LogP contribution in [0.5, 0.6) is 5.75 Å². The highest BCUT2D eigenvalue weighted by Gasteiger charge is 2.27. The summed E-state index contributed by atoms with van der Waals surface area (Å²) >= 11 is 6.44. The van der Waals surface area contributed by atoms with E-state index in [1.807, 2.05) is 53.6 Å². The third kappa shape index (κ3) is 4.19. The van der Waals surface area contributed by atoms with Crippen LogP contribution in [0.25, 0.3) is 22.2 Å². The van der Waals surface area contributed by atoms with Crippen LogP contribution in [0.2, 0.25) is 5.02 Å². The molecule has 2 aromatic carbocycles. The number of hydrogen-bond donors (Lipinski definition) is 3. The Bertz CT molecular complexity index is 1300. The van der Waals surface area contributed by atoms with Gasteiger partial charge in [0.1, 0.15) is 11.9 Å². The Morgan fingerprint density at radius 3 is 2.94 bits per heavy atom. The number of nitrogens with zero attached hydrogens (tertiary/aromatic N) is 3. The number of anilines is 3. The quantitative estimate of drug-likeness (QED) is 0.387. The number of nitrogens with two attached hydrogens (primary N) is 1. The van der Waals surface area contributed by atoms with Crippen LogP contribution in [-0.2, 0) is 0 Å². The highest BCUT2D eigenvalue weighted by Crippen LogP contribution is 2.35. The zero-order chi connectivity index (χ0) is 22.9. The summed E-state index contributed by atoms with van der Waals surface area (Å²) in [5.41, 5.74) is 9.91. The number of halogens is 2. The van der Waals surface area contributed by atoms with Gasteiger partial charge in [-0.3, -0.25) is 0 Å². The molecule has 1 aliphatic heterocycles. The molecule has 1 saturated heterocycles. The molecule has 3 heterocycles. The third-order valence-electron chi connectivity index (χ3n) is 5.98. The summed E-state index contributed by atoms with van der Waals surface area (Å²) < 4.78 is 19.7. The highest BCUT2D eigenvalue weighted by molar-refractivity contribution is 6.33. The molecule has 170 valence electrons. The van der Waals surface area contributed by atoms with Gasteiger partial charge in [-0.05, 0) is 24.6 Å². The van der Waals surface area contributed by atoms with Crippen LogP contribution in [-0.4, -0.2) is 47.4 Å². The number of ether oxygens (including phenoxy) is 1. The van der Waals surface area contributed by atoms with E-state index in [1.165, 1.54) is 0 Å². The van der Waals surface area contributed by atoms with E-state index in [0.29, 0.717) is 41.1 Å². The first-order valence-electron chi connectivity index (χ1n) is 10.7. The first-order valence-corrected chi connectivity index (χ1v) is 11.1. The van der Waals surface area contributed by atoms with E-state index in [4.69, 9.17) is 22.1 Å². The van der Waals surface area contributed by atoms with Gasteiger partial charge in [0.15, 0.2) is 0 Å². The number of benzene rings is 2. The van der Waals surface area contributed by atoms with Gasteiger partial charge in [-0.15, -0.1) is 0 Å². The average molecular weight is 467 g/mol. The summed E-state index contributed by atoms with van der Waals surface area (Å²) in [4.78, 5) is 14.2. The number of methoxy groups -OCH3 is 1. The maximum Gasteiger partial charge on any atom is 0.227 e. The molecule has 0 spiro atoms. The van der Waals surface area contributed by atoms with E-state index in [0.717, 1.165) is 22.2 Å². The fraction of sp³-hybridized carbons (Fsp3) is 0.250. The maximum atomic E-state index is 14.1.